The van der Waals surface area contributed by atoms with Crippen molar-refractivity contribution in [2.45, 2.75) is 11.3 Å². The molecule has 4 heteroatoms. The van der Waals surface area contributed by atoms with Gasteiger partial charge in [-0.25, -0.2) is 0 Å². The first-order valence-electron chi connectivity index (χ1n) is 9.41. The van der Waals surface area contributed by atoms with Crippen LogP contribution in [0.4, 0.5) is 17.1 Å². The number of fused-ring (bicyclic) bond motifs is 4. The van der Waals surface area contributed by atoms with Crippen LogP contribution in [0.5, 0.6) is 23.0 Å². The van der Waals surface area contributed by atoms with Crippen molar-refractivity contribution in [1.29, 1.82) is 0 Å². The maximum atomic E-state index is 6.44. The van der Waals surface area contributed by atoms with E-state index in [4.69, 9.17) is 22.1 Å². The minimum Gasteiger partial charge on any atom is -0.453 e. The van der Waals surface area contributed by atoms with Gasteiger partial charge in [-0.15, -0.1) is 12.6 Å². The molecule has 0 saturated heterocycles. The molecule has 3 aromatic rings. The van der Waals surface area contributed by atoms with Crippen molar-refractivity contribution in [1.82, 2.24) is 0 Å². The highest BCUT2D eigenvalue weighted by atomic mass is 32.1. The molecule has 3 aromatic carbocycles. The first-order chi connectivity index (χ1) is 14.3. The Bertz CT molecular complexity index is 1300. The highest BCUT2D eigenvalue weighted by molar-refractivity contribution is 7.80. The SMILES string of the molecule is Sc1cc2c3c(c1C1=CC=CCC#C1)Oc1ccccc1N3c1ccccc1O2. The summed E-state index contributed by atoms with van der Waals surface area (Å²) in [6.07, 6.45) is 6.81. The summed E-state index contributed by atoms with van der Waals surface area (Å²) in [6, 6.07) is 18.0. The van der Waals surface area contributed by atoms with Crippen molar-refractivity contribution in [3.63, 3.8) is 0 Å². The van der Waals surface area contributed by atoms with Gasteiger partial charge in [0.15, 0.2) is 23.0 Å². The second-order valence-corrected chi connectivity index (χ2v) is 7.42. The predicted molar refractivity (Wildman–Crippen MR) is 118 cm³/mol. The lowest BCUT2D eigenvalue weighted by Crippen LogP contribution is -2.21. The Morgan fingerprint density at radius 1 is 0.897 bits per heavy atom. The Morgan fingerprint density at radius 2 is 1.62 bits per heavy atom. The molecule has 0 N–H and O–H groups in total. The average molecular weight is 393 g/mol. The van der Waals surface area contributed by atoms with Gasteiger partial charge in [-0.1, -0.05) is 48.3 Å². The number of thiol groups is 1. The molecule has 1 aliphatic carbocycles. The van der Waals surface area contributed by atoms with Crippen LogP contribution in [-0.2, 0) is 0 Å². The molecule has 29 heavy (non-hydrogen) atoms. The number of allylic oxidation sites excluding steroid dienone is 4. The fourth-order valence-corrected chi connectivity index (χ4v) is 4.28. The molecule has 0 atom stereocenters. The number of nitrogens with zero attached hydrogens (tertiary/aromatic N) is 1. The zero-order valence-corrected chi connectivity index (χ0v) is 16.2. The van der Waals surface area contributed by atoms with Gasteiger partial charge in [0.1, 0.15) is 5.69 Å². The van der Waals surface area contributed by atoms with E-state index >= 15 is 0 Å². The topological polar surface area (TPSA) is 21.7 Å². The molecule has 0 unspecified atom stereocenters. The summed E-state index contributed by atoms with van der Waals surface area (Å²) in [4.78, 5) is 2.98. The summed E-state index contributed by atoms with van der Waals surface area (Å²) in [5.41, 5.74) is 4.62. The molecule has 3 nitrogen and oxygen atoms in total. The Balaban J connectivity index is 1.69. The van der Waals surface area contributed by atoms with Crippen molar-refractivity contribution >= 4 is 35.3 Å². The molecule has 6 rings (SSSR count). The Hall–Kier alpha value is -3.55. The molecule has 0 spiro atoms. The van der Waals surface area contributed by atoms with Crippen LogP contribution in [0.1, 0.15) is 12.0 Å². The van der Waals surface area contributed by atoms with Crippen LogP contribution < -0.4 is 14.4 Å². The molecule has 3 aliphatic rings. The van der Waals surface area contributed by atoms with Crippen LogP contribution in [0.3, 0.4) is 0 Å². The molecule has 0 fully saturated rings. The van der Waals surface area contributed by atoms with Crippen molar-refractivity contribution in [3.05, 3.63) is 78.4 Å². The third-order valence-electron chi connectivity index (χ3n) is 5.18. The molecule has 0 radical (unpaired) electrons. The van der Waals surface area contributed by atoms with E-state index in [1.54, 1.807) is 0 Å². The van der Waals surface area contributed by atoms with Crippen molar-refractivity contribution in [3.8, 4) is 34.8 Å². The predicted octanol–water partition coefficient (Wildman–Crippen LogP) is 7.00. The summed E-state index contributed by atoms with van der Waals surface area (Å²) in [7, 11) is 0. The zero-order valence-electron chi connectivity index (χ0n) is 15.3. The van der Waals surface area contributed by atoms with Crippen molar-refractivity contribution in [2.24, 2.45) is 0 Å². The van der Waals surface area contributed by atoms with E-state index in [9.17, 15) is 0 Å². The second-order valence-electron chi connectivity index (χ2n) is 6.94. The first kappa shape index (κ1) is 16.4. The van der Waals surface area contributed by atoms with E-state index in [2.05, 4.69) is 28.9 Å². The van der Waals surface area contributed by atoms with Gasteiger partial charge >= 0.3 is 0 Å². The Labute approximate surface area is 174 Å². The molecule has 138 valence electrons. The number of hydrogen-bond acceptors (Lipinski definition) is 4. The third kappa shape index (κ3) is 2.41. The summed E-state index contributed by atoms with van der Waals surface area (Å²) in [5, 5.41) is 0. The quantitative estimate of drug-likeness (QED) is 0.245. The fraction of sp³-hybridized carbons (Fsp3) is 0.0400. The van der Waals surface area contributed by atoms with E-state index < -0.39 is 0 Å². The zero-order chi connectivity index (χ0) is 19.4. The van der Waals surface area contributed by atoms with Gasteiger partial charge in [0, 0.05) is 22.5 Å². The normalized spacial score (nSPS) is 14.8. The number of benzene rings is 3. The minimum atomic E-state index is 0.719. The standard InChI is InChI=1S/C25H15NO2S/c29-22-15-21-24-25(23(22)16-9-3-1-2-4-10-16)28-20-14-8-6-12-18(20)26(24)17-11-5-7-13-19(17)27-21/h1,3,5-9,11-15,29H,2H2. The van der Waals surface area contributed by atoms with E-state index in [-0.39, 0.29) is 0 Å². The van der Waals surface area contributed by atoms with Gasteiger partial charge in [-0.2, -0.15) is 0 Å². The summed E-state index contributed by atoms with van der Waals surface area (Å²) in [5.74, 6) is 9.48. The molecule has 2 heterocycles. The summed E-state index contributed by atoms with van der Waals surface area (Å²) < 4.78 is 12.7. The molecule has 0 saturated carbocycles. The van der Waals surface area contributed by atoms with Gasteiger partial charge < -0.3 is 9.47 Å². The third-order valence-corrected chi connectivity index (χ3v) is 5.53. The van der Waals surface area contributed by atoms with Crippen molar-refractivity contribution in [2.75, 3.05) is 4.90 Å². The molecular formula is C25H15NO2S. The van der Waals surface area contributed by atoms with Gasteiger partial charge in [-0.05, 0) is 36.4 Å². The highest BCUT2D eigenvalue weighted by Gasteiger charge is 2.37. The maximum Gasteiger partial charge on any atom is 0.165 e. The first-order valence-corrected chi connectivity index (χ1v) is 9.86. The fourth-order valence-electron chi connectivity index (χ4n) is 3.94. The lowest BCUT2D eigenvalue weighted by atomic mass is 9.99. The molecule has 0 amide bonds. The van der Waals surface area contributed by atoms with Crippen LogP contribution in [0, 0.1) is 11.8 Å². The van der Waals surface area contributed by atoms with Crippen LogP contribution in [-0.4, -0.2) is 0 Å². The van der Waals surface area contributed by atoms with Gasteiger partial charge in [0.05, 0.1) is 11.4 Å². The van der Waals surface area contributed by atoms with E-state index in [0.29, 0.717) is 0 Å². The average Bonchev–Trinajstić information content (AvgIpc) is 3.02. The van der Waals surface area contributed by atoms with Gasteiger partial charge in [0.2, 0.25) is 0 Å². The van der Waals surface area contributed by atoms with E-state index in [1.165, 1.54) is 0 Å². The Morgan fingerprint density at radius 3 is 2.41 bits per heavy atom. The minimum absolute atomic E-state index is 0.719. The van der Waals surface area contributed by atoms with E-state index in [1.807, 2.05) is 60.7 Å². The maximum absolute atomic E-state index is 6.44. The van der Waals surface area contributed by atoms with Crippen LogP contribution in [0.2, 0.25) is 0 Å². The number of anilines is 3. The molecule has 0 aromatic heterocycles. The largest absolute Gasteiger partial charge is 0.453 e. The van der Waals surface area contributed by atoms with Gasteiger partial charge in [-0.3, -0.25) is 4.90 Å². The molecule has 2 aliphatic heterocycles. The molecular weight excluding hydrogens is 378 g/mol. The smallest absolute Gasteiger partial charge is 0.165 e. The second kappa shape index (κ2) is 6.23. The number of rotatable bonds is 1. The number of hydrogen-bond donors (Lipinski definition) is 1. The lowest BCUT2D eigenvalue weighted by molar-refractivity contribution is 0.442. The van der Waals surface area contributed by atoms with E-state index in [0.717, 1.165) is 62.5 Å². The number of para-hydroxylation sites is 4. The van der Waals surface area contributed by atoms with Crippen molar-refractivity contribution < 1.29 is 9.47 Å². The van der Waals surface area contributed by atoms with Crippen LogP contribution >= 0.6 is 12.6 Å². The van der Waals surface area contributed by atoms with Gasteiger partial charge in [0.25, 0.3) is 0 Å². The summed E-state index contributed by atoms with van der Waals surface area (Å²) >= 11 is 4.78. The van der Waals surface area contributed by atoms with Crippen LogP contribution in [0.25, 0.3) is 5.57 Å². The monoisotopic (exact) mass is 393 g/mol. The molecule has 0 bridgehead atoms. The highest BCUT2D eigenvalue weighted by Crippen LogP contribution is 2.61. The number of ether oxygens (including phenoxy) is 2. The summed E-state index contributed by atoms with van der Waals surface area (Å²) in [6.45, 7) is 0. The van der Waals surface area contributed by atoms with Crippen LogP contribution in [0.15, 0.2) is 77.7 Å². The lowest BCUT2D eigenvalue weighted by Gasteiger charge is -2.38. The Kier molecular flexibility index (Phi) is 3.53.